The predicted molar refractivity (Wildman–Crippen MR) is 142 cm³/mol. The summed E-state index contributed by atoms with van der Waals surface area (Å²) in [5.41, 5.74) is 0. The molecule has 0 heterocycles. The van der Waals surface area contributed by atoms with Gasteiger partial charge in [-0.2, -0.15) is 0 Å². The topological polar surface area (TPSA) is 124 Å². The van der Waals surface area contributed by atoms with E-state index >= 15 is 0 Å². The first kappa shape index (κ1) is 35.3. The molecule has 3 N–H and O–H groups in total. The van der Waals surface area contributed by atoms with E-state index < -0.39 is 33.2 Å². The quantitative estimate of drug-likeness (QED) is 0.0430. The van der Waals surface area contributed by atoms with Crippen LogP contribution < -0.4 is 5.32 Å². The molecule has 0 fully saturated rings. The Kier molecular flexibility index (Phi) is 21.8. The van der Waals surface area contributed by atoms with Gasteiger partial charge in [0.2, 0.25) is 0 Å². The van der Waals surface area contributed by atoms with Crippen LogP contribution in [0, 0.1) is 0 Å². The van der Waals surface area contributed by atoms with Crippen LogP contribution in [-0.4, -0.2) is 80.9 Å². The Morgan fingerprint density at radius 1 is 0.833 bits per heavy atom. The second kappa shape index (κ2) is 22.3. The average Bonchev–Trinajstić information content (AvgIpc) is 2.79. The molecule has 0 aromatic rings. The number of rotatable bonds is 25. The number of unbranched alkanes of at least 4 members (excludes halogenated alkanes) is 13. The van der Waals surface area contributed by atoms with Crippen molar-refractivity contribution in [1.29, 1.82) is 0 Å². The molecule has 0 rings (SSSR count). The van der Waals surface area contributed by atoms with E-state index in [1.54, 1.807) is 0 Å². The molecule has 10 nitrogen and oxygen atoms in total. The summed E-state index contributed by atoms with van der Waals surface area (Å²) in [4.78, 5) is 25.8. The highest BCUT2D eigenvalue weighted by Gasteiger charge is 2.26. The van der Waals surface area contributed by atoms with Crippen LogP contribution in [0.1, 0.15) is 96.8 Å². The van der Waals surface area contributed by atoms with Crippen molar-refractivity contribution >= 4 is 13.9 Å². The molecule has 1 unspecified atom stereocenters. The Hall–Kier alpha value is -0.740. The van der Waals surface area contributed by atoms with Gasteiger partial charge in [0.1, 0.15) is 19.8 Å². The van der Waals surface area contributed by atoms with E-state index in [9.17, 15) is 14.3 Å². The van der Waals surface area contributed by atoms with Crippen LogP contribution in [0.4, 0.5) is 4.79 Å². The molecule has 0 aromatic heterocycles. The number of likely N-dealkylation sites (N-methyl/N-ethyl adjacent to an activating group) is 1. The average molecular weight is 542 g/mol. The van der Waals surface area contributed by atoms with Crippen molar-refractivity contribution in [3.8, 4) is 0 Å². The van der Waals surface area contributed by atoms with E-state index in [-0.39, 0.29) is 6.61 Å². The lowest BCUT2D eigenvalue weighted by molar-refractivity contribution is -0.870. The Labute approximate surface area is 219 Å². The normalized spacial score (nSPS) is 14.4. The van der Waals surface area contributed by atoms with Crippen molar-refractivity contribution in [1.82, 2.24) is 5.32 Å². The molecule has 0 spiro atoms. The van der Waals surface area contributed by atoms with Crippen LogP contribution in [0.25, 0.3) is 0 Å². The molecule has 0 saturated heterocycles. The minimum Gasteiger partial charge on any atom is -0.441 e. The zero-order valence-electron chi connectivity index (χ0n) is 23.3. The number of phosphoric ester groups is 1. The molecule has 11 heteroatoms. The molecule has 0 bridgehead atoms. The number of carbonyl (C=O) groups is 1. The van der Waals surface area contributed by atoms with Crippen molar-refractivity contribution in [2.45, 2.75) is 103 Å². The number of ether oxygens (including phenoxy) is 1. The molecule has 0 aliphatic rings. The molecular weight excluding hydrogens is 487 g/mol. The van der Waals surface area contributed by atoms with Gasteiger partial charge in [0.05, 0.1) is 27.7 Å². The minimum absolute atomic E-state index is 0.0268. The van der Waals surface area contributed by atoms with Crippen LogP contribution >= 0.6 is 7.82 Å². The first-order valence-corrected chi connectivity index (χ1v) is 15.2. The van der Waals surface area contributed by atoms with Crippen molar-refractivity contribution in [2.75, 3.05) is 54.1 Å². The highest BCUT2D eigenvalue weighted by Crippen LogP contribution is 2.43. The van der Waals surface area contributed by atoms with E-state index in [1.165, 1.54) is 70.6 Å². The minimum atomic E-state index is -4.31. The van der Waals surface area contributed by atoms with Gasteiger partial charge in [-0.15, -0.1) is 0 Å². The highest BCUT2D eigenvalue weighted by atomic mass is 31.2. The van der Waals surface area contributed by atoms with Gasteiger partial charge in [0, 0.05) is 6.54 Å². The predicted octanol–water partition coefficient (Wildman–Crippen LogP) is 5.89. The molecular formula is C25H54N2O8P+. The summed E-state index contributed by atoms with van der Waals surface area (Å²) >= 11 is 0. The number of hydrogen-bond donors (Lipinski definition) is 3. The molecule has 0 aliphatic heterocycles. The molecule has 216 valence electrons. The van der Waals surface area contributed by atoms with E-state index in [1.807, 2.05) is 21.1 Å². The second-order valence-electron chi connectivity index (χ2n) is 10.5. The molecule has 0 aliphatic carbocycles. The van der Waals surface area contributed by atoms with Gasteiger partial charge in [-0.25, -0.2) is 14.2 Å². The number of carbonyl (C=O) groups excluding carboxylic acids is 1. The summed E-state index contributed by atoms with van der Waals surface area (Å²) in [6.45, 7) is 2.40. The lowest BCUT2D eigenvalue weighted by Gasteiger charge is -2.24. The van der Waals surface area contributed by atoms with Crippen molar-refractivity contribution in [3.63, 3.8) is 0 Å². The van der Waals surface area contributed by atoms with Gasteiger partial charge in [-0.1, -0.05) is 90.4 Å². The third-order valence-electron chi connectivity index (χ3n) is 5.77. The van der Waals surface area contributed by atoms with Crippen LogP contribution in [0.15, 0.2) is 0 Å². The number of hydrogen-bond acceptors (Lipinski definition) is 7. The molecule has 0 aromatic carbocycles. The Balaban J connectivity index is 3.79. The van der Waals surface area contributed by atoms with Crippen molar-refractivity contribution in [2.24, 2.45) is 0 Å². The monoisotopic (exact) mass is 541 g/mol. The van der Waals surface area contributed by atoms with Gasteiger partial charge in [-0.05, 0) is 6.42 Å². The van der Waals surface area contributed by atoms with Crippen LogP contribution in [0.5, 0.6) is 0 Å². The third-order valence-corrected chi connectivity index (χ3v) is 6.76. The summed E-state index contributed by atoms with van der Waals surface area (Å²) in [5, 5.41) is 11.3. The summed E-state index contributed by atoms with van der Waals surface area (Å²) in [5.74, 6) is 0. The van der Waals surface area contributed by atoms with Crippen LogP contribution in [0.3, 0.4) is 0 Å². The maximum Gasteiger partial charge on any atom is 0.472 e. The van der Waals surface area contributed by atoms with Gasteiger partial charge in [0.25, 0.3) is 0 Å². The largest absolute Gasteiger partial charge is 0.472 e. The molecule has 0 saturated carbocycles. The van der Waals surface area contributed by atoms with E-state index in [0.717, 1.165) is 19.3 Å². The second-order valence-corrected chi connectivity index (χ2v) is 11.9. The van der Waals surface area contributed by atoms with Crippen LogP contribution in [-0.2, 0) is 23.2 Å². The fourth-order valence-electron chi connectivity index (χ4n) is 3.55. The summed E-state index contributed by atoms with van der Waals surface area (Å²) in [6.07, 6.45) is 15.9. The fourth-order valence-corrected chi connectivity index (χ4v) is 4.29. The van der Waals surface area contributed by atoms with E-state index in [4.69, 9.17) is 19.0 Å². The number of nitrogens with one attached hydrogen (secondary N) is 1. The number of phosphoric acid groups is 1. The molecule has 0 radical (unpaired) electrons. The Bertz CT molecular complexity index is 575. The first-order valence-electron chi connectivity index (χ1n) is 13.7. The Morgan fingerprint density at radius 3 is 1.81 bits per heavy atom. The number of quaternary nitrogens is 1. The summed E-state index contributed by atoms with van der Waals surface area (Å²) < 4.78 is 27.4. The van der Waals surface area contributed by atoms with Crippen molar-refractivity contribution in [3.05, 3.63) is 0 Å². The summed E-state index contributed by atoms with van der Waals surface area (Å²) in [7, 11) is 1.46. The third kappa shape index (κ3) is 24.9. The molecule has 36 heavy (non-hydrogen) atoms. The smallest absolute Gasteiger partial charge is 0.441 e. The first-order chi connectivity index (χ1) is 17.1. The number of nitrogens with zero attached hydrogens (tertiary/aromatic N) is 1. The van der Waals surface area contributed by atoms with Gasteiger partial charge in [-0.3, -0.25) is 14.3 Å². The maximum atomic E-state index is 12.0. The SMILES string of the molecule is CCCCCCCCCCCCCCCCNC(=O)O[C@H](COO)COP(=O)(O)OCC[N+](C)(C)C. The van der Waals surface area contributed by atoms with Gasteiger partial charge in [0.15, 0.2) is 6.10 Å². The Morgan fingerprint density at radius 2 is 1.33 bits per heavy atom. The van der Waals surface area contributed by atoms with E-state index in [0.29, 0.717) is 17.6 Å². The number of alkyl carbamates (subject to hydrolysis) is 1. The van der Waals surface area contributed by atoms with Crippen LogP contribution in [0.2, 0.25) is 0 Å². The number of amides is 1. The zero-order valence-corrected chi connectivity index (χ0v) is 24.1. The molecule has 2 atom stereocenters. The maximum absolute atomic E-state index is 12.0. The zero-order chi connectivity index (χ0) is 27.1. The standard InChI is InChI=1S/C25H53N2O8P/c1-5-6-7-8-9-10-11-12-13-14-15-16-17-18-19-26-25(28)35-24(22-32-29)23-34-36(30,31)33-21-20-27(2,3)4/h24H,5-23H2,1-4H3,(H2-,26,28,29,30,31)/p+1/t24-/m1/s1. The lowest BCUT2D eigenvalue weighted by atomic mass is 10.0. The summed E-state index contributed by atoms with van der Waals surface area (Å²) in [6, 6.07) is 0. The lowest BCUT2D eigenvalue weighted by Crippen LogP contribution is -2.37. The van der Waals surface area contributed by atoms with Gasteiger partial charge >= 0.3 is 13.9 Å². The van der Waals surface area contributed by atoms with Crippen molar-refractivity contribution < 1.29 is 42.7 Å². The van der Waals surface area contributed by atoms with Gasteiger partial charge < -0.3 is 19.4 Å². The van der Waals surface area contributed by atoms with E-state index in [2.05, 4.69) is 17.1 Å². The fraction of sp³-hybridized carbons (Fsp3) is 0.960. The highest BCUT2D eigenvalue weighted by molar-refractivity contribution is 7.47. The molecule has 1 amide bonds.